The van der Waals surface area contributed by atoms with Crippen LogP contribution < -0.4 is 5.32 Å². The molecule has 0 aliphatic heterocycles. The first-order valence-electron chi connectivity index (χ1n) is 4.57. The molecule has 4 heteroatoms. The summed E-state index contributed by atoms with van der Waals surface area (Å²) in [6.07, 6.45) is 0. The van der Waals surface area contributed by atoms with Crippen LogP contribution in [0.5, 0.6) is 0 Å². The normalized spacial score (nSPS) is 11.3. The van der Waals surface area contributed by atoms with Gasteiger partial charge in [0.15, 0.2) is 0 Å². The predicted octanol–water partition coefficient (Wildman–Crippen LogP) is 3.71. The number of aryl methyl sites for hydroxylation is 1. The topological polar surface area (TPSA) is 29.1 Å². The summed E-state index contributed by atoms with van der Waals surface area (Å²) in [5.74, 6) is -0.0354. The molecule has 1 aromatic rings. The zero-order chi connectivity index (χ0) is 11.6. The molecule has 0 atom stereocenters. The van der Waals surface area contributed by atoms with E-state index in [1.807, 2.05) is 39.0 Å². The van der Waals surface area contributed by atoms with Crippen molar-refractivity contribution in [3.8, 4) is 0 Å². The van der Waals surface area contributed by atoms with E-state index in [9.17, 15) is 4.79 Å². The number of hydrogen-bond acceptors (Lipinski definition) is 1. The van der Waals surface area contributed by atoms with Crippen LogP contribution in [0.2, 0.25) is 0 Å². The van der Waals surface area contributed by atoms with Crippen molar-refractivity contribution in [1.82, 2.24) is 0 Å². The number of anilines is 1. The molecule has 0 aliphatic rings. The van der Waals surface area contributed by atoms with Gasteiger partial charge in [-0.1, -0.05) is 15.9 Å². The number of nitrogens with one attached hydrogen (secondary N) is 1. The molecule has 0 radical (unpaired) electrons. The predicted molar refractivity (Wildman–Crippen MR) is 75.5 cm³/mol. The van der Waals surface area contributed by atoms with Crippen LogP contribution in [0.25, 0.3) is 0 Å². The number of amides is 1. The smallest absolute Gasteiger partial charge is 0.240 e. The number of carbonyl (C=O) groups is 1. The SMILES string of the molecule is Cc1cc(I)ccc1NC(=O)C(C)(C)Br. The van der Waals surface area contributed by atoms with Crippen molar-refractivity contribution in [1.29, 1.82) is 0 Å². The average molecular weight is 382 g/mol. The summed E-state index contributed by atoms with van der Waals surface area (Å²) in [6, 6.07) is 5.94. The number of alkyl halides is 1. The van der Waals surface area contributed by atoms with Crippen LogP contribution >= 0.6 is 38.5 Å². The van der Waals surface area contributed by atoms with Crippen molar-refractivity contribution in [2.45, 2.75) is 25.1 Å². The van der Waals surface area contributed by atoms with E-state index in [2.05, 4.69) is 43.8 Å². The quantitative estimate of drug-likeness (QED) is 0.614. The molecular formula is C11H13BrINO. The van der Waals surface area contributed by atoms with Crippen LogP contribution in [0.1, 0.15) is 19.4 Å². The Hall–Kier alpha value is -0.100. The van der Waals surface area contributed by atoms with Crippen molar-refractivity contribution in [3.63, 3.8) is 0 Å². The Kier molecular flexibility index (Phi) is 4.17. The first-order chi connectivity index (χ1) is 6.80. The van der Waals surface area contributed by atoms with Gasteiger partial charge in [-0.15, -0.1) is 0 Å². The van der Waals surface area contributed by atoms with Gasteiger partial charge in [-0.25, -0.2) is 0 Å². The molecule has 0 aromatic heterocycles. The molecule has 15 heavy (non-hydrogen) atoms. The zero-order valence-electron chi connectivity index (χ0n) is 8.90. The molecule has 1 N–H and O–H groups in total. The van der Waals surface area contributed by atoms with Crippen LogP contribution in [0.4, 0.5) is 5.69 Å². The van der Waals surface area contributed by atoms with Gasteiger partial charge in [0.2, 0.25) is 5.91 Å². The summed E-state index contributed by atoms with van der Waals surface area (Å²) in [6.45, 7) is 5.63. The molecule has 0 aliphatic carbocycles. The Morgan fingerprint density at radius 2 is 2.07 bits per heavy atom. The molecule has 0 saturated heterocycles. The van der Waals surface area contributed by atoms with Crippen molar-refractivity contribution in [3.05, 3.63) is 27.3 Å². The van der Waals surface area contributed by atoms with E-state index in [1.54, 1.807) is 0 Å². The Bertz CT molecular complexity index is 385. The largest absolute Gasteiger partial charge is 0.325 e. The van der Waals surface area contributed by atoms with Gasteiger partial charge in [-0.05, 0) is 67.1 Å². The second-order valence-corrected chi connectivity index (χ2v) is 7.11. The lowest BCUT2D eigenvalue weighted by Crippen LogP contribution is -2.31. The van der Waals surface area contributed by atoms with Gasteiger partial charge in [0.1, 0.15) is 0 Å². The maximum Gasteiger partial charge on any atom is 0.240 e. The second-order valence-electron chi connectivity index (χ2n) is 3.89. The number of carbonyl (C=O) groups excluding carboxylic acids is 1. The lowest BCUT2D eigenvalue weighted by atomic mass is 10.1. The third-order valence-corrected chi connectivity index (χ3v) is 3.01. The molecule has 0 unspecified atom stereocenters. The monoisotopic (exact) mass is 381 g/mol. The van der Waals surface area contributed by atoms with Crippen molar-refractivity contribution >= 4 is 50.1 Å². The molecule has 2 nitrogen and oxygen atoms in total. The van der Waals surface area contributed by atoms with Crippen LogP contribution in [0.15, 0.2) is 18.2 Å². The van der Waals surface area contributed by atoms with E-state index >= 15 is 0 Å². The van der Waals surface area contributed by atoms with Crippen LogP contribution in [0, 0.1) is 10.5 Å². The molecule has 0 saturated carbocycles. The third kappa shape index (κ3) is 3.75. The molecule has 82 valence electrons. The van der Waals surface area contributed by atoms with Gasteiger partial charge in [-0.2, -0.15) is 0 Å². The van der Waals surface area contributed by atoms with Gasteiger partial charge in [0.25, 0.3) is 0 Å². The Morgan fingerprint density at radius 1 is 1.47 bits per heavy atom. The van der Waals surface area contributed by atoms with Crippen molar-refractivity contribution in [2.24, 2.45) is 0 Å². The fraction of sp³-hybridized carbons (Fsp3) is 0.364. The van der Waals surface area contributed by atoms with E-state index in [0.717, 1.165) is 11.3 Å². The summed E-state index contributed by atoms with van der Waals surface area (Å²) in [4.78, 5) is 11.7. The minimum absolute atomic E-state index is 0.0354. The Morgan fingerprint density at radius 3 is 2.53 bits per heavy atom. The average Bonchev–Trinajstić information content (AvgIpc) is 2.08. The molecule has 0 heterocycles. The first kappa shape index (κ1) is 13.0. The molecule has 1 aromatic carbocycles. The van der Waals surface area contributed by atoms with Crippen LogP contribution in [-0.4, -0.2) is 10.2 Å². The highest BCUT2D eigenvalue weighted by Crippen LogP contribution is 2.22. The van der Waals surface area contributed by atoms with Crippen molar-refractivity contribution < 1.29 is 4.79 Å². The van der Waals surface area contributed by atoms with Gasteiger partial charge >= 0.3 is 0 Å². The lowest BCUT2D eigenvalue weighted by molar-refractivity contribution is -0.117. The summed E-state index contributed by atoms with van der Waals surface area (Å²) in [5.41, 5.74) is 1.94. The molecule has 0 spiro atoms. The molecule has 0 bridgehead atoms. The summed E-state index contributed by atoms with van der Waals surface area (Å²) in [5, 5.41) is 2.89. The number of halogens is 2. The third-order valence-electron chi connectivity index (χ3n) is 1.98. The minimum atomic E-state index is -0.539. The summed E-state index contributed by atoms with van der Waals surface area (Å²) >= 11 is 5.58. The van der Waals surface area contributed by atoms with E-state index in [0.29, 0.717) is 0 Å². The minimum Gasteiger partial charge on any atom is -0.325 e. The molecule has 1 rings (SSSR count). The second kappa shape index (κ2) is 4.82. The fourth-order valence-corrected chi connectivity index (χ4v) is 1.78. The van der Waals surface area contributed by atoms with Crippen LogP contribution in [0.3, 0.4) is 0 Å². The van der Waals surface area contributed by atoms with E-state index in [-0.39, 0.29) is 5.91 Å². The van der Waals surface area contributed by atoms with Gasteiger partial charge in [0.05, 0.1) is 4.32 Å². The highest BCUT2D eigenvalue weighted by atomic mass is 127. The molecule has 1 amide bonds. The molecule has 0 fully saturated rings. The highest BCUT2D eigenvalue weighted by Gasteiger charge is 2.23. The molecular weight excluding hydrogens is 369 g/mol. The standard InChI is InChI=1S/C11H13BrINO/c1-7-6-8(13)4-5-9(7)14-10(15)11(2,3)12/h4-6H,1-3H3,(H,14,15). The maximum absolute atomic E-state index is 11.7. The number of benzene rings is 1. The van der Waals surface area contributed by atoms with Gasteiger partial charge in [0, 0.05) is 9.26 Å². The van der Waals surface area contributed by atoms with Crippen molar-refractivity contribution in [2.75, 3.05) is 5.32 Å². The zero-order valence-corrected chi connectivity index (χ0v) is 12.6. The summed E-state index contributed by atoms with van der Waals surface area (Å²) in [7, 11) is 0. The van der Waals surface area contributed by atoms with Gasteiger partial charge in [-0.3, -0.25) is 4.79 Å². The first-order valence-corrected chi connectivity index (χ1v) is 6.44. The van der Waals surface area contributed by atoms with E-state index in [1.165, 1.54) is 3.57 Å². The van der Waals surface area contributed by atoms with E-state index in [4.69, 9.17) is 0 Å². The van der Waals surface area contributed by atoms with Crippen LogP contribution in [-0.2, 0) is 4.79 Å². The maximum atomic E-state index is 11.7. The van der Waals surface area contributed by atoms with E-state index < -0.39 is 4.32 Å². The highest BCUT2D eigenvalue weighted by molar-refractivity contribution is 14.1. The Balaban J connectivity index is 2.87. The fourth-order valence-electron chi connectivity index (χ4n) is 1.04. The number of rotatable bonds is 2. The Labute approximate surface area is 112 Å². The summed E-state index contributed by atoms with van der Waals surface area (Å²) < 4.78 is 0.629. The number of hydrogen-bond donors (Lipinski definition) is 1. The van der Waals surface area contributed by atoms with Gasteiger partial charge < -0.3 is 5.32 Å². The lowest BCUT2D eigenvalue weighted by Gasteiger charge is -2.17.